The van der Waals surface area contributed by atoms with Crippen molar-refractivity contribution in [3.05, 3.63) is 136 Å². The van der Waals surface area contributed by atoms with E-state index in [2.05, 4.69) is 121 Å². The van der Waals surface area contributed by atoms with E-state index >= 15 is 0 Å². The van der Waals surface area contributed by atoms with Crippen LogP contribution < -0.4 is 23.1 Å². The molecule has 34 heavy (non-hydrogen) atoms. The van der Waals surface area contributed by atoms with Crippen LogP contribution in [0.1, 0.15) is 17.5 Å². The molecule has 0 radical (unpaired) electrons. The minimum atomic E-state index is -2.24. The van der Waals surface area contributed by atoms with E-state index in [4.69, 9.17) is 0 Å². The zero-order valence-corrected chi connectivity index (χ0v) is 22.4. The van der Waals surface area contributed by atoms with Crippen LogP contribution in [-0.2, 0) is 27.3 Å². The largest absolute Gasteiger partial charge is 1.00 e. The maximum absolute atomic E-state index is 2.50. The molecule has 0 aromatic heterocycles. The Labute approximate surface area is 208 Å². The van der Waals surface area contributed by atoms with E-state index in [0.29, 0.717) is 0 Å². The van der Waals surface area contributed by atoms with Gasteiger partial charge in [-0.25, -0.2) is 0 Å². The second-order valence-electron chi connectivity index (χ2n) is 8.66. The van der Waals surface area contributed by atoms with Gasteiger partial charge in [-0.1, -0.05) is 0 Å². The van der Waals surface area contributed by atoms with Crippen molar-refractivity contribution in [1.82, 2.24) is 0 Å². The molecule has 2 aliphatic rings. The summed E-state index contributed by atoms with van der Waals surface area (Å²) in [5.74, 6) is -1.39. The van der Waals surface area contributed by atoms with Crippen molar-refractivity contribution >= 4 is 19.6 Å². The topological polar surface area (TPSA) is 0 Å². The van der Waals surface area contributed by atoms with Crippen LogP contribution in [0.5, 0.6) is 0 Å². The Hall–Kier alpha value is -2.68. The van der Waals surface area contributed by atoms with Crippen LogP contribution in [0.25, 0.3) is 11.1 Å². The van der Waals surface area contributed by atoms with E-state index in [1.165, 1.54) is 16.7 Å². The van der Waals surface area contributed by atoms with Crippen LogP contribution in [0.15, 0.2) is 125 Å². The number of fused-ring (bicyclic) bond motifs is 3. The summed E-state index contributed by atoms with van der Waals surface area (Å²) < 4.78 is 3.50. The van der Waals surface area contributed by atoms with Gasteiger partial charge in [-0.3, -0.25) is 0 Å². The Bertz CT molecular complexity index is 1290. The number of hydrogen-bond acceptors (Lipinski definition) is 0. The predicted octanol–water partition coefficient (Wildman–Crippen LogP) is -1.11. The van der Waals surface area contributed by atoms with Gasteiger partial charge in [-0.2, -0.15) is 0 Å². The predicted molar refractivity (Wildman–Crippen MR) is 135 cm³/mol. The van der Waals surface area contributed by atoms with Gasteiger partial charge in [0.1, 0.15) is 0 Å². The quantitative estimate of drug-likeness (QED) is 0.247. The fourth-order valence-corrected chi connectivity index (χ4v) is 28.4. The van der Waals surface area contributed by atoms with Crippen molar-refractivity contribution in [3.63, 3.8) is 0 Å². The van der Waals surface area contributed by atoms with Crippen LogP contribution >= 0.6 is 0 Å². The molecular weight excluding hydrogens is 518 g/mol. The van der Waals surface area contributed by atoms with Crippen molar-refractivity contribution in [2.24, 2.45) is 0 Å². The molecule has 0 aliphatic heterocycles. The second-order valence-corrected chi connectivity index (χ2v) is 23.5. The maximum atomic E-state index is 2.50. The third-order valence-electron chi connectivity index (χ3n) is 6.81. The average molecular weight is 543 g/mol. The minimum Gasteiger partial charge on any atom is -1.00 e. The number of allylic oxidation sites excluding steroid dienone is 4. The van der Waals surface area contributed by atoms with Crippen LogP contribution in [0.3, 0.4) is 0 Å². The summed E-state index contributed by atoms with van der Waals surface area (Å²) in [6, 6.07) is 39.1. The van der Waals surface area contributed by atoms with Gasteiger partial charge in [-0.05, 0) is 0 Å². The molecule has 0 saturated heterocycles. The van der Waals surface area contributed by atoms with E-state index in [-0.39, 0.29) is 9.41 Å². The number of benzene rings is 4. The van der Waals surface area contributed by atoms with Crippen LogP contribution in [0.4, 0.5) is 0 Å². The first kappa shape index (κ1) is 24.4. The summed E-state index contributed by atoms with van der Waals surface area (Å²) in [7, 11) is 0. The molecule has 0 nitrogen and oxygen atoms in total. The Morgan fingerprint density at radius 1 is 0.618 bits per heavy atom. The first-order valence-corrected chi connectivity index (χ1v) is 19.9. The number of rotatable bonds is 5. The fraction of sp³-hybridized carbons (Fsp3) is 0.0667. The number of hydrogen-bond donors (Lipinski definition) is 0. The summed E-state index contributed by atoms with van der Waals surface area (Å²) in [5.41, 5.74) is 6.05. The van der Waals surface area contributed by atoms with Gasteiger partial charge in [0.2, 0.25) is 0 Å². The summed E-state index contributed by atoms with van der Waals surface area (Å²) in [6.07, 6.45) is 9.39. The molecular formula is C30H25F2SiZr. The SMILES string of the molecule is C1=CC[C]([Zr+2]([c]2cccc3c2Cc2ccccc2-3)[SiH](c2ccccc2)c2ccccc2)=C1.[F-].[F-]. The monoisotopic (exact) mass is 541 g/mol. The van der Waals surface area contributed by atoms with Crippen molar-refractivity contribution in [3.8, 4) is 11.1 Å². The van der Waals surface area contributed by atoms with Gasteiger partial charge in [0.25, 0.3) is 0 Å². The van der Waals surface area contributed by atoms with Crippen LogP contribution in [0.2, 0.25) is 0 Å². The van der Waals surface area contributed by atoms with E-state index < -0.39 is 26.8 Å². The molecule has 0 N–H and O–H groups in total. The molecule has 0 amide bonds. The Balaban J connectivity index is 0.00000137. The summed E-state index contributed by atoms with van der Waals surface area (Å²) in [4.78, 5) is 0. The normalized spacial score (nSPS) is 12.9. The summed E-state index contributed by atoms with van der Waals surface area (Å²) >= 11 is -2.24. The van der Waals surface area contributed by atoms with Crippen molar-refractivity contribution < 1.29 is 30.3 Å². The molecule has 0 fully saturated rings. The molecule has 167 valence electrons. The first-order chi connectivity index (χ1) is 15.9. The van der Waals surface area contributed by atoms with E-state index in [9.17, 15) is 0 Å². The van der Waals surface area contributed by atoms with Crippen molar-refractivity contribution in [2.75, 3.05) is 0 Å². The molecule has 4 heteroatoms. The van der Waals surface area contributed by atoms with Crippen LogP contribution in [0, 0.1) is 0 Å². The van der Waals surface area contributed by atoms with Gasteiger partial charge < -0.3 is 9.41 Å². The molecule has 0 bridgehead atoms. The molecule has 6 rings (SSSR count). The van der Waals surface area contributed by atoms with Crippen molar-refractivity contribution in [2.45, 2.75) is 12.8 Å². The van der Waals surface area contributed by atoms with Gasteiger partial charge in [0.15, 0.2) is 0 Å². The molecule has 0 saturated carbocycles. The molecule has 0 heterocycles. The standard InChI is InChI=1S/C13H9.C12H11Si.C5H5.2FH.Zr/c1-3-7-12-10(5-1)9-11-6-2-4-8-13(11)12;1-3-7-11(8-4-1)13-12-9-5-2-6-10-12;1-2-4-5-3-1;;;/h1-5,7-8H,9H2;1-10,13H;1-3H,4H2;2*1H;/q;;;;;+2/p-2. The zero-order chi connectivity index (χ0) is 21.3. The molecule has 0 spiro atoms. The molecule has 4 aromatic carbocycles. The van der Waals surface area contributed by atoms with Crippen molar-refractivity contribution in [1.29, 1.82) is 0 Å². The fourth-order valence-electron chi connectivity index (χ4n) is 5.39. The van der Waals surface area contributed by atoms with Gasteiger partial charge >= 0.3 is 200 Å². The molecule has 2 aliphatic carbocycles. The maximum Gasteiger partial charge on any atom is -1.00 e. The van der Waals surface area contributed by atoms with E-state index in [0.717, 1.165) is 12.8 Å². The van der Waals surface area contributed by atoms with Gasteiger partial charge in [0.05, 0.1) is 0 Å². The zero-order valence-electron chi connectivity index (χ0n) is 18.8. The number of halogens is 2. The summed E-state index contributed by atoms with van der Waals surface area (Å²) in [6.45, 7) is 0. The van der Waals surface area contributed by atoms with Gasteiger partial charge in [0, 0.05) is 0 Å². The Kier molecular flexibility index (Phi) is 7.70. The molecule has 0 unspecified atom stereocenters. The van der Waals surface area contributed by atoms with Gasteiger partial charge in [-0.15, -0.1) is 0 Å². The molecule has 4 aromatic rings. The average Bonchev–Trinajstić information content (AvgIpc) is 3.52. The Morgan fingerprint density at radius 3 is 1.88 bits per heavy atom. The van der Waals surface area contributed by atoms with Crippen LogP contribution in [-0.4, -0.2) is 5.92 Å². The van der Waals surface area contributed by atoms with E-state index in [1.807, 2.05) is 0 Å². The second kappa shape index (κ2) is 10.7. The third kappa shape index (κ3) is 4.37. The summed E-state index contributed by atoms with van der Waals surface area (Å²) in [5, 5.41) is 3.21. The van der Waals surface area contributed by atoms with E-state index in [1.54, 1.807) is 22.5 Å². The minimum absolute atomic E-state index is 0. The molecule has 0 atom stereocenters. The Morgan fingerprint density at radius 2 is 1.24 bits per heavy atom. The third-order valence-corrected chi connectivity index (χ3v) is 27.9. The first-order valence-electron chi connectivity index (χ1n) is 11.4. The smallest absolute Gasteiger partial charge is 1.00 e.